The molecule has 0 unspecified atom stereocenters. The fraction of sp³-hybridized carbons (Fsp3) is 0.538. The van der Waals surface area contributed by atoms with Gasteiger partial charge in [-0.1, -0.05) is 24.6 Å². The normalized spacial score (nSPS) is 18.8. The molecule has 0 amide bonds. The third-order valence-corrected chi connectivity index (χ3v) is 3.50. The molecule has 3 N–H and O–H groups in total. The Hall–Kier alpha value is -0.770. The van der Waals surface area contributed by atoms with Crippen LogP contribution in [0.5, 0.6) is 5.75 Å². The monoisotopic (exact) mass is 257 g/mol. The quantitative estimate of drug-likeness (QED) is 0.870. The van der Waals surface area contributed by atoms with Crippen molar-refractivity contribution in [2.24, 2.45) is 11.7 Å². The molecule has 3 nitrogen and oxygen atoms in total. The minimum Gasteiger partial charge on any atom is -0.496 e. The van der Waals surface area contributed by atoms with Crippen LogP contribution in [0.4, 0.5) is 0 Å². The van der Waals surface area contributed by atoms with Crippen LogP contribution in [0.1, 0.15) is 30.9 Å². The highest BCUT2D eigenvalue weighted by molar-refractivity contribution is 5.85. The average Bonchev–Trinajstić information content (AvgIpc) is 2.25. The number of ether oxygens (including phenoxy) is 1. The Morgan fingerprint density at radius 2 is 2.00 bits per heavy atom. The van der Waals surface area contributed by atoms with Gasteiger partial charge >= 0.3 is 0 Å². The van der Waals surface area contributed by atoms with Crippen LogP contribution in [-0.4, -0.2) is 18.3 Å². The van der Waals surface area contributed by atoms with Crippen molar-refractivity contribution in [1.82, 2.24) is 0 Å². The smallest absolute Gasteiger partial charge is 0.123 e. The van der Waals surface area contributed by atoms with Gasteiger partial charge in [-0.05, 0) is 24.8 Å². The van der Waals surface area contributed by atoms with Crippen molar-refractivity contribution >= 4 is 12.4 Å². The number of benzene rings is 1. The summed E-state index contributed by atoms with van der Waals surface area (Å²) in [5.41, 5.74) is 6.99. The van der Waals surface area contributed by atoms with Crippen molar-refractivity contribution < 1.29 is 9.84 Å². The maximum Gasteiger partial charge on any atom is 0.123 e. The molecular weight excluding hydrogens is 238 g/mol. The zero-order chi connectivity index (χ0) is 11.5. The van der Waals surface area contributed by atoms with Crippen LogP contribution in [0.2, 0.25) is 0 Å². The van der Waals surface area contributed by atoms with E-state index in [4.69, 9.17) is 10.5 Å². The van der Waals surface area contributed by atoms with Gasteiger partial charge in [0.25, 0.3) is 0 Å². The van der Waals surface area contributed by atoms with E-state index in [2.05, 4.69) is 0 Å². The highest BCUT2D eigenvalue weighted by Crippen LogP contribution is 2.36. The summed E-state index contributed by atoms with van der Waals surface area (Å²) in [5.74, 6) is 1.12. The molecule has 0 saturated heterocycles. The lowest BCUT2D eigenvalue weighted by atomic mass is 9.77. The fourth-order valence-corrected chi connectivity index (χ4v) is 2.20. The fourth-order valence-electron chi connectivity index (χ4n) is 2.20. The molecule has 0 aromatic heterocycles. The SMILES string of the molecule is COc1ccccc1[C@@H](N)[C@@H](O)C1CCC1.Cl. The van der Waals surface area contributed by atoms with Crippen LogP contribution in [-0.2, 0) is 0 Å². The summed E-state index contributed by atoms with van der Waals surface area (Å²) in [4.78, 5) is 0. The number of methoxy groups -OCH3 is 1. The molecule has 1 aliphatic carbocycles. The Kier molecular flexibility index (Phi) is 5.25. The van der Waals surface area contributed by atoms with Crippen LogP contribution in [0.15, 0.2) is 24.3 Å². The predicted octanol–water partition coefficient (Wildman–Crippen LogP) is 2.28. The first-order valence-corrected chi connectivity index (χ1v) is 5.80. The van der Waals surface area contributed by atoms with Gasteiger partial charge in [-0.25, -0.2) is 0 Å². The molecule has 96 valence electrons. The van der Waals surface area contributed by atoms with Crippen LogP contribution in [0, 0.1) is 5.92 Å². The maximum absolute atomic E-state index is 10.1. The summed E-state index contributed by atoms with van der Waals surface area (Å²) in [5, 5.41) is 10.1. The second-order valence-electron chi connectivity index (χ2n) is 4.45. The van der Waals surface area contributed by atoms with E-state index >= 15 is 0 Å². The van der Waals surface area contributed by atoms with Gasteiger partial charge < -0.3 is 15.6 Å². The number of hydrogen-bond acceptors (Lipinski definition) is 3. The zero-order valence-electron chi connectivity index (χ0n) is 10.0. The zero-order valence-corrected chi connectivity index (χ0v) is 10.8. The highest BCUT2D eigenvalue weighted by atomic mass is 35.5. The van der Waals surface area contributed by atoms with Crippen LogP contribution in [0.3, 0.4) is 0 Å². The predicted molar refractivity (Wildman–Crippen MR) is 70.5 cm³/mol. The molecule has 1 aromatic carbocycles. The van der Waals surface area contributed by atoms with Crippen molar-refractivity contribution in [3.05, 3.63) is 29.8 Å². The molecule has 0 aliphatic heterocycles. The lowest BCUT2D eigenvalue weighted by molar-refractivity contribution is 0.0407. The van der Waals surface area contributed by atoms with Gasteiger partial charge in [0.2, 0.25) is 0 Å². The summed E-state index contributed by atoms with van der Waals surface area (Å²) in [6.07, 6.45) is 2.93. The Morgan fingerprint density at radius 3 is 2.53 bits per heavy atom. The first-order chi connectivity index (χ1) is 7.74. The van der Waals surface area contributed by atoms with Crippen LogP contribution in [0.25, 0.3) is 0 Å². The van der Waals surface area contributed by atoms with Gasteiger partial charge in [0.05, 0.1) is 19.3 Å². The Bertz CT molecular complexity index is 355. The highest BCUT2D eigenvalue weighted by Gasteiger charge is 2.31. The number of aliphatic hydroxyl groups is 1. The Morgan fingerprint density at radius 1 is 1.35 bits per heavy atom. The Balaban J connectivity index is 0.00000144. The van der Waals surface area contributed by atoms with Gasteiger partial charge in [0.15, 0.2) is 0 Å². The van der Waals surface area contributed by atoms with Crippen molar-refractivity contribution in [3.63, 3.8) is 0 Å². The van der Waals surface area contributed by atoms with Crippen molar-refractivity contribution in [1.29, 1.82) is 0 Å². The largest absolute Gasteiger partial charge is 0.496 e. The second-order valence-corrected chi connectivity index (χ2v) is 4.45. The molecule has 0 bridgehead atoms. The van der Waals surface area contributed by atoms with Gasteiger partial charge in [-0.15, -0.1) is 12.4 Å². The Labute approximate surface area is 108 Å². The standard InChI is InChI=1S/C13H19NO2.ClH/c1-16-11-8-3-2-7-10(11)12(14)13(15)9-5-4-6-9;/h2-3,7-9,12-13,15H,4-6,14H2,1H3;1H/t12-,13+;/m1./s1. The number of rotatable bonds is 4. The number of hydrogen-bond donors (Lipinski definition) is 2. The van der Waals surface area contributed by atoms with E-state index < -0.39 is 6.10 Å². The van der Waals surface area contributed by atoms with Gasteiger partial charge in [-0.2, -0.15) is 0 Å². The third-order valence-electron chi connectivity index (χ3n) is 3.50. The molecule has 1 aromatic rings. The first-order valence-electron chi connectivity index (χ1n) is 5.80. The van der Waals surface area contributed by atoms with Crippen molar-refractivity contribution in [2.75, 3.05) is 7.11 Å². The van der Waals surface area contributed by atoms with E-state index in [0.29, 0.717) is 5.92 Å². The molecular formula is C13H20ClNO2. The van der Waals surface area contributed by atoms with Crippen molar-refractivity contribution in [3.8, 4) is 5.75 Å². The van der Waals surface area contributed by atoms with Gasteiger partial charge in [-0.3, -0.25) is 0 Å². The van der Waals surface area contributed by atoms with E-state index in [1.54, 1.807) is 7.11 Å². The first kappa shape index (κ1) is 14.3. The van der Waals surface area contributed by atoms with Gasteiger partial charge in [0.1, 0.15) is 5.75 Å². The third kappa shape index (κ3) is 2.92. The van der Waals surface area contributed by atoms with Crippen LogP contribution < -0.4 is 10.5 Å². The molecule has 1 saturated carbocycles. The molecule has 4 heteroatoms. The number of nitrogens with two attached hydrogens (primary N) is 1. The van der Waals surface area contributed by atoms with E-state index in [1.165, 1.54) is 6.42 Å². The molecule has 0 radical (unpaired) electrons. The van der Waals surface area contributed by atoms with E-state index in [-0.39, 0.29) is 18.4 Å². The molecule has 0 spiro atoms. The lowest BCUT2D eigenvalue weighted by Gasteiger charge is -2.34. The molecule has 0 heterocycles. The van der Waals surface area contributed by atoms with E-state index in [0.717, 1.165) is 24.2 Å². The average molecular weight is 258 g/mol. The number of aliphatic hydroxyl groups excluding tert-OH is 1. The summed E-state index contributed by atoms with van der Waals surface area (Å²) < 4.78 is 5.26. The molecule has 1 aliphatic rings. The summed E-state index contributed by atoms with van der Waals surface area (Å²) in [6.45, 7) is 0. The van der Waals surface area contributed by atoms with Gasteiger partial charge in [0, 0.05) is 5.56 Å². The summed E-state index contributed by atoms with van der Waals surface area (Å²) in [7, 11) is 1.63. The number of para-hydroxylation sites is 1. The lowest BCUT2D eigenvalue weighted by Crippen LogP contribution is -2.36. The summed E-state index contributed by atoms with van der Waals surface area (Å²) >= 11 is 0. The second kappa shape index (κ2) is 6.24. The molecule has 2 atom stereocenters. The maximum atomic E-state index is 10.1. The minimum absolute atomic E-state index is 0. The van der Waals surface area contributed by atoms with Crippen molar-refractivity contribution in [2.45, 2.75) is 31.4 Å². The number of halogens is 1. The van der Waals surface area contributed by atoms with E-state index in [1.807, 2.05) is 24.3 Å². The topological polar surface area (TPSA) is 55.5 Å². The van der Waals surface area contributed by atoms with E-state index in [9.17, 15) is 5.11 Å². The molecule has 1 fully saturated rings. The summed E-state index contributed by atoms with van der Waals surface area (Å²) in [6, 6.07) is 7.28. The van der Waals surface area contributed by atoms with Crippen LogP contribution >= 0.6 is 12.4 Å². The molecule has 17 heavy (non-hydrogen) atoms. The molecule has 2 rings (SSSR count). The minimum atomic E-state index is -0.454.